The lowest BCUT2D eigenvalue weighted by Gasteiger charge is -2.27. The molecule has 1 atom stereocenters. The summed E-state index contributed by atoms with van der Waals surface area (Å²) < 4.78 is 10.8. The Morgan fingerprint density at radius 2 is 2.21 bits per heavy atom. The third kappa shape index (κ3) is 5.20. The van der Waals surface area contributed by atoms with Crippen molar-refractivity contribution in [3.05, 3.63) is 48.2 Å². The molecule has 2 aromatic rings. The highest BCUT2D eigenvalue weighted by Gasteiger charge is 2.18. The Kier molecular flexibility index (Phi) is 6.44. The van der Waals surface area contributed by atoms with Gasteiger partial charge in [-0.2, -0.15) is 0 Å². The Bertz CT molecular complexity index is 825. The molecule has 1 aliphatic heterocycles. The van der Waals surface area contributed by atoms with Crippen LogP contribution >= 0.6 is 0 Å². The number of methoxy groups -OCH3 is 1. The standard InChI is InChI=1S/C20H24N4O4/c1-14(28-13-15-4-3-5-17(10-15)27-2)20(26)23-16-6-7-18(22-11-16)24-9-8-21-19(25)12-24/h3-7,10-11,14H,8-9,12-13H2,1-2H3,(H,21,25)(H,23,26)/t14-/m0/s1. The van der Waals surface area contributed by atoms with Gasteiger partial charge in [-0.15, -0.1) is 0 Å². The molecule has 3 rings (SSSR count). The first-order valence-electron chi connectivity index (χ1n) is 9.08. The average molecular weight is 384 g/mol. The number of ether oxygens (including phenoxy) is 2. The van der Waals surface area contributed by atoms with Gasteiger partial charge in [-0.1, -0.05) is 12.1 Å². The number of piperazine rings is 1. The van der Waals surface area contributed by atoms with Gasteiger partial charge in [0.15, 0.2) is 0 Å². The number of carbonyl (C=O) groups is 2. The van der Waals surface area contributed by atoms with Crippen molar-refractivity contribution in [3.63, 3.8) is 0 Å². The summed E-state index contributed by atoms with van der Waals surface area (Å²) in [6.45, 7) is 3.60. The quantitative estimate of drug-likeness (QED) is 0.753. The number of aromatic nitrogens is 1. The zero-order valence-corrected chi connectivity index (χ0v) is 16.0. The van der Waals surface area contributed by atoms with E-state index >= 15 is 0 Å². The van der Waals surface area contributed by atoms with Gasteiger partial charge in [0.1, 0.15) is 17.7 Å². The Hall–Kier alpha value is -3.13. The normalized spacial score (nSPS) is 14.9. The minimum atomic E-state index is -0.628. The van der Waals surface area contributed by atoms with Gasteiger partial charge in [0.05, 0.1) is 32.1 Å². The SMILES string of the molecule is COc1cccc(CO[C@@H](C)C(=O)Nc2ccc(N3CCNC(=O)C3)nc2)c1. The van der Waals surface area contributed by atoms with Crippen molar-refractivity contribution in [2.45, 2.75) is 19.6 Å². The van der Waals surface area contributed by atoms with Crippen LogP contribution in [0.25, 0.3) is 0 Å². The van der Waals surface area contributed by atoms with E-state index in [4.69, 9.17) is 9.47 Å². The van der Waals surface area contributed by atoms with Crippen LogP contribution in [-0.4, -0.2) is 49.6 Å². The second-order valence-corrected chi connectivity index (χ2v) is 6.47. The lowest BCUT2D eigenvalue weighted by Crippen LogP contribution is -2.48. The number of hydrogen-bond acceptors (Lipinski definition) is 6. The van der Waals surface area contributed by atoms with E-state index in [-0.39, 0.29) is 18.4 Å². The molecule has 1 fully saturated rings. The first-order valence-corrected chi connectivity index (χ1v) is 9.08. The van der Waals surface area contributed by atoms with E-state index in [1.807, 2.05) is 29.2 Å². The van der Waals surface area contributed by atoms with Crippen molar-refractivity contribution >= 4 is 23.3 Å². The summed E-state index contributed by atoms with van der Waals surface area (Å²) in [6, 6.07) is 11.1. The number of benzene rings is 1. The van der Waals surface area contributed by atoms with Crippen LogP contribution in [-0.2, 0) is 20.9 Å². The summed E-state index contributed by atoms with van der Waals surface area (Å²) in [7, 11) is 1.61. The molecule has 0 spiro atoms. The monoisotopic (exact) mass is 384 g/mol. The van der Waals surface area contributed by atoms with Crippen molar-refractivity contribution in [2.24, 2.45) is 0 Å². The van der Waals surface area contributed by atoms with E-state index in [9.17, 15) is 9.59 Å². The van der Waals surface area contributed by atoms with Gasteiger partial charge in [-0.05, 0) is 36.8 Å². The largest absolute Gasteiger partial charge is 0.497 e. The van der Waals surface area contributed by atoms with Gasteiger partial charge in [-0.3, -0.25) is 9.59 Å². The molecule has 1 saturated heterocycles. The van der Waals surface area contributed by atoms with E-state index in [0.717, 1.165) is 11.3 Å². The zero-order chi connectivity index (χ0) is 19.9. The number of amides is 2. The maximum atomic E-state index is 12.3. The number of nitrogens with zero attached hydrogens (tertiary/aromatic N) is 2. The topological polar surface area (TPSA) is 92.8 Å². The molecular formula is C20H24N4O4. The van der Waals surface area contributed by atoms with E-state index in [1.165, 1.54) is 0 Å². The van der Waals surface area contributed by atoms with Crippen molar-refractivity contribution in [3.8, 4) is 5.75 Å². The highest BCUT2D eigenvalue weighted by atomic mass is 16.5. The molecule has 0 radical (unpaired) electrons. The lowest BCUT2D eigenvalue weighted by molar-refractivity contribution is -0.127. The molecule has 1 aromatic heterocycles. The van der Waals surface area contributed by atoms with Crippen molar-refractivity contribution < 1.29 is 19.1 Å². The number of hydrogen-bond donors (Lipinski definition) is 2. The van der Waals surface area contributed by atoms with Crippen molar-refractivity contribution in [1.82, 2.24) is 10.3 Å². The van der Waals surface area contributed by atoms with Crippen LogP contribution in [0, 0.1) is 0 Å². The second kappa shape index (κ2) is 9.18. The highest BCUT2D eigenvalue weighted by Crippen LogP contribution is 2.16. The number of carbonyl (C=O) groups excluding carboxylic acids is 2. The number of rotatable bonds is 7. The molecule has 0 saturated carbocycles. The predicted molar refractivity (Wildman–Crippen MR) is 105 cm³/mol. The minimum Gasteiger partial charge on any atom is -0.497 e. The molecule has 0 aliphatic carbocycles. The Morgan fingerprint density at radius 1 is 1.36 bits per heavy atom. The Labute approximate surface area is 163 Å². The van der Waals surface area contributed by atoms with Crippen LogP contribution in [0.4, 0.5) is 11.5 Å². The van der Waals surface area contributed by atoms with Gasteiger partial charge in [0.25, 0.3) is 5.91 Å². The summed E-state index contributed by atoms with van der Waals surface area (Å²) in [5, 5.41) is 5.57. The fourth-order valence-electron chi connectivity index (χ4n) is 2.78. The molecule has 0 unspecified atom stereocenters. The fourth-order valence-corrected chi connectivity index (χ4v) is 2.78. The number of nitrogens with one attached hydrogen (secondary N) is 2. The van der Waals surface area contributed by atoms with Crippen molar-refractivity contribution in [2.75, 3.05) is 37.0 Å². The van der Waals surface area contributed by atoms with Crippen LogP contribution in [0.15, 0.2) is 42.6 Å². The van der Waals surface area contributed by atoms with Gasteiger partial charge < -0.3 is 25.0 Å². The van der Waals surface area contributed by atoms with Crippen LogP contribution in [0.3, 0.4) is 0 Å². The molecule has 8 heteroatoms. The number of anilines is 2. The summed E-state index contributed by atoms with van der Waals surface area (Å²) in [4.78, 5) is 30.0. The van der Waals surface area contributed by atoms with Gasteiger partial charge in [0.2, 0.25) is 5.91 Å². The van der Waals surface area contributed by atoms with Crippen LogP contribution in [0.2, 0.25) is 0 Å². The second-order valence-electron chi connectivity index (χ2n) is 6.47. The van der Waals surface area contributed by atoms with Crippen LogP contribution in [0.5, 0.6) is 5.75 Å². The van der Waals surface area contributed by atoms with Crippen molar-refractivity contribution in [1.29, 1.82) is 0 Å². The molecule has 1 aliphatic rings. The Balaban J connectivity index is 1.51. The first kappa shape index (κ1) is 19.6. The molecule has 2 N–H and O–H groups in total. The summed E-state index contributed by atoms with van der Waals surface area (Å²) in [5.41, 5.74) is 1.50. The molecule has 148 valence electrons. The summed E-state index contributed by atoms with van der Waals surface area (Å²) in [6.07, 6.45) is 0.950. The maximum absolute atomic E-state index is 12.3. The minimum absolute atomic E-state index is 0.0209. The molecule has 28 heavy (non-hydrogen) atoms. The Morgan fingerprint density at radius 3 is 2.93 bits per heavy atom. The number of pyridine rings is 1. The summed E-state index contributed by atoms with van der Waals surface area (Å²) >= 11 is 0. The van der Waals surface area contributed by atoms with Crippen LogP contribution < -0.4 is 20.3 Å². The van der Waals surface area contributed by atoms with E-state index < -0.39 is 6.10 Å². The summed E-state index contributed by atoms with van der Waals surface area (Å²) in [5.74, 6) is 1.17. The van der Waals surface area contributed by atoms with E-state index in [0.29, 0.717) is 31.2 Å². The molecule has 0 bridgehead atoms. The third-order valence-corrected chi connectivity index (χ3v) is 4.38. The molecular weight excluding hydrogens is 360 g/mol. The highest BCUT2D eigenvalue weighted by molar-refractivity contribution is 5.93. The molecule has 1 aromatic carbocycles. The molecule has 2 heterocycles. The predicted octanol–water partition coefficient (Wildman–Crippen LogP) is 1.57. The van der Waals surface area contributed by atoms with Crippen LogP contribution in [0.1, 0.15) is 12.5 Å². The van der Waals surface area contributed by atoms with Gasteiger partial charge >= 0.3 is 0 Å². The van der Waals surface area contributed by atoms with Gasteiger partial charge in [-0.25, -0.2) is 4.98 Å². The molecule has 8 nitrogen and oxygen atoms in total. The van der Waals surface area contributed by atoms with E-state index in [1.54, 1.807) is 32.4 Å². The molecule has 2 amide bonds. The average Bonchev–Trinajstić information content (AvgIpc) is 2.72. The maximum Gasteiger partial charge on any atom is 0.253 e. The smallest absolute Gasteiger partial charge is 0.253 e. The van der Waals surface area contributed by atoms with E-state index in [2.05, 4.69) is 15.6 Å². The third-order valence-electron chi connectivity index (χ3n) is 4.38. The first-order chi connectivity index (χ1) is 13.5. The zero-order valence-electron chi connectivity index (χ0n) is 16.0. The van der Waals surface area contributed by atoms with Gasteiger partial charge in [0, 0.05) is 13.1 Å². The fraction of sp³-hybridized carbons (Fsp3) is 0.350. The lowest BCUT2D eigenvalue weighted by atomic mass is 10.2.